The van der Waals surface area contributed by atoms with Gasteiger partial charge in [0.1, 0.15) is 24.4 Å². The van der Waals surface area contributed by atoms with E-state index in [0.717, 1.165) is 11.5 Å². The smallest absolute Gasteiger partial charge is 0.155 e. The quantitative estimate of drug-likeness (QED) is 0.568. The molecule has 114 valence electrons. The highest BCUT2D eigenvalue weighted by Crippen LogP contribution is 2.30. The van der Waals surface area contributed by atoms with Crippen molar-refractivity contribution in [1.29, 1.82) is 0 Å². The first-order chi connectivity index (χ1) is 9.01. The first kappa shape index (κ1) is 17.6. The predicted molar refractivity (Wildman–Crippen MR) is 78.4 cm³/mol. The van der Waals surface area contributed by atoms with Crippen molar-refractivity contribution in [2.45, 2.75) is 56.1 Å². The molecule has 0 aromatic rings. The van der Waals surface area contributed by atoms with Crippen LogP contribution in [0.25, 0.3) is 0 Å². The fourth-order valence-corrected chi connectivity index (χ4v) is 4.47. The van der Waals surface area contributed by atoms with Gasteiger partial charge in [-0.15, -0.1) is 23.5 Å². The Hall–Kier alpha value is 0.500. The van der Waals surface area contributed by atoms with Gasteiger partial charge in [-0.1, -0.05) is 13.8 Å². The summed E-state index contributed by atoms with van der Waals surface area (Å²) in [5, 5.41) is 30.3. The summed E-state index contributed by atoms with van der Waals surface area (Å²) >= 11 is 3.14. The first-order valence-corrected chi connectivity index (χ1v) is 8.65. The van der Waals surface area contributed by atoms with Gasteiger partial charge in [0.25, 0.3) is 0 Å². The Labute approximate surface area is 123 Å². The van der Waals surface area contributed by atoms with Crippen molar-refractivity contribution in [1.82, 2.24) is 0 Å². The Kier molecular flexibility index (Phi) is 8.05. The topological polar surface area (TPSA) is 79.2 Å². The number of hydrogen-bond acceptors (Lipinski definition) is 7. The number of hydrogen-bond donors (Lipinski definition) is 3. The van der Waals surface area contributed by atoms with E-state index in [4.69, 9.17) is 9.47 Å². The van der Waals surface area contributed by atoms with Crippen molar-refractivity contribution >= 4 is 23.5 Å². The summed E-state index contributed by atoms with van der Waals surface area (Å²) in [6.07, 6.45) is -4.34. The molecule has 0 radical (unpaired) electrons. The number of rotatable bonds is 8. The van der Waals surface area contributed by atoms with E-state index in [2.05, 4.69) is 0 Å². The average Bonchev–Trinajstić information content (AvgIpc) is 2.82. The zero-order chi connectivity index (χ0) is 14.4. The fourth-order valence-electron chi connectivity index (χ4n) is 1.89. The molecule has 0 bridgehead atoms. The molecule has 1 rings (SSSR count). The Balaban J connectivity index is 2.55. The lowest BCUT2D eigenvalue weighted by Crippen LogP contribution is -2.48. The lowest BCUT2D eigenvalue weighted by Gasteiger charge is -2.30. The van der Waals surface area contributed by atoms with Crippen molar-refractivity contribution in [3.05, 3.63) is 0 Å². The van der Waals surface area contributed by atoms with Crippen molar-refractivity contribution in [3.63, 3.8) is 0 Å². The molecule has 5 nitrogen and oxygen atoms in total. The van der Waals surface area contributed by atoms with Gasteiger partial charge >= 0.3 is 0 Å². The van der Waals surface area contributed by atoms with Crippen molar-refractivity contribution in [3.8, 4) is 0 Å². The molecule has 1 heterocycles. The lowest BCUT2D eigenvalue weighted by molar-refractivity contribution is -0.120. The van der Waals surface area contributed by atoms with Gasteiger partial charge in [0.15, 0.2) is 6.29 Å². The van der Waals surface area contributed by atoms with Crippen LogP contribution in [0.1, 0.15) is 20.8 Å². The standard InChI is InChI=1S/C12H24O5S2/c1-4-18-12(19-5-2)11(15)10(14)9(13)8-6-16-7(3)17-8/h7-15H,4-6H2,1-3H3/t7?,8-,9+,10+,11-/m0/s1. The third kappa shape index (κ3) is 5.08. The van der Waals surface area contributed by atoms with E-state index in [0.29, 0.717) is 0 Å². The van der Waals surface area contributed by atoms with Gasteiger partial charge in [0.05, 0.1) is 11.2 Å². The molecule has 0 aromatic carbocycles. The molecule has 0 saturated carbocycles. The summed E-state index contributed by atoms with van der Waals surface area (Å²) in [6, 6.07) is 0. The normalized spacial score (nSPS) is 28.6. The van der Waals surface area contributed by atoms with Crippen LogP contribution in [0.5, 0.6) is 0 Å². The summed E-state index contributed by atoms with van der Waals surface area (Å²) in [7, 11) is 0. The number of thioether (sulfide) groups is 2. The molecule has 0 spiro atoms. The second-order valence-corrected chi connectivity index (χ2v) is 7.46. The minimum absolute atomic E-state index is 0.153. The van der Waals surface area contributed by atoms with E-state index in [1.165, 1.54) is 0 Å². The molecular weight excluding hydrogens is 288 g/mol. The maximum absolute atomic E-state index is 10.2. The van der Waals surface area contributed by atoms with E-state index in [1.54, 1.807) is 30.4 Å². The minimum Gasteiger partial charge on any atom is -0.388 e. The van der Waals surface area contributed by atoms with Crippen LogP contribution in [0.15, 0.2) is 0 Å². The molecule has 0 amide bonds. The molecule has 1 fully saturated rings. The van der Waals surface area contributed by atoms with Gasteiger partial charge < -0.3 is 24.8 Å². The molecular formula is C12H24O5S2. The van der Waals surface area contributed by atoms with Crippen LogP contribution < -0.4 is 0 Å². The number of ether oxygens (including phenoxy) is 2. The monoisotopic (exact) mass is 312 g/mol. The largest absolute Gasteiger partial charge is 0.388 e. The highest BCUT2D eigenvalue weighted by molar-refractivity contribution is 8.17. The number of aliphatic hydroxyl groups is 3. The van der Waals surface area contributed by atoms with Crippen molar-refractivity contribution in [2.75, 3.05) is 18.1 Å². The summed E-state index contributed by atoms with van der Waals surface area (Å²) in [6.45, 7) is 5.97. The van der Waals surface area contributed by atoms with Crippen molar-refractivity contribution in [2.24, 2.45) is 0 Å². The van der Waals surface area contributed by atoms with Crippen LogP contribution in [0.2, 0.25) is 0 Å². The van der Waals surface area contributed by atoms with E-state index in [1.807, 2.05) is 13.8 Å². The molecule has 0 aromatic heterocycles. The second kappa shape index (κ2) is 8.71. The highest BCUT2D eigenvalue weighted by Gasteiger charge is 2.39. The number of aliphatic hydroxyl groups excluding tert-OH is 3. The van der Waals surface area contributed by atoms with E-state index in [9.17, 15) is 15.3 Å². The van der Waals surface area contributed by atoms with Crippen LogP contribution in [-0.2, 0) is 9.47 Å². The summed E-state index contributed by atoms with van der Waals surface area (Å²) in [5.41, 5.74) is 0. The van der Waals surface area contributed by atoms with Gasteiger partial charge in [-0.05, 0) is 18.4 Å². The molecule has 1 saturated heterocycles. The average molecular weight is 312 g/mol. The summed E-state index contributed by atoms with van der Waals surface area (Å²) in [5.74, 6) is 1.69. The molecule has 3 N–H and O–H groups in total. The van der Waals surface area contributed by atoms with Crippen LogP contribution in [0.3, 0.4) is 0 Å². The molecule has 19 heavy (non-hydrogen) atoms. The lowest BCUT2D eigenvalue weighted by atomic mass is 10.0. The first-order valence-electron chi connectivity index (χ1n) is 6.55. The van der Waals surface area contributed by atoms with Gasteiger partial charge in [-0.2, -0.15) is 0 Å². The zero-order valence-electron chi connectivity index (χ0n) is 11.6. The van der Waals surface area contributed by atoms with Crippen LogP contribution in [-0.4, -0.2) is 68.7 Å². The molecule has 7 heteroatoms. The Morgan fingerprint density at radius 1 is 1.11 bits per heavy atom. The van der Waals surface area contributed by atoms with Gasteiger partial charge in [0, 0.05) is 0 Å². The molecule has 0 aliphatic carbocycles. The molecule has 1 aliphatic rings. The SMILES string of the molecule is CCSC(SCC)[C@@H](O)[C@H](O)[C@H](O)[C@@H]1COC(C)O1. The fraction of sp³-hybridized carbons (Fsp3) is 1.00. The zero-order valence-corrected chi connectivity index (χ0v) is 13.2. The molecule has 1 aliphatic heterocycles. The predicted octanol–water partition coefficient (Wildman–Crippen LogP) is 0.663. The van der Waals surface area contributed by atoms with Crippen molar-refractivity contribution < 1.29 is 24.8 Å². The molecule has 5 atom stereocenters. The van der Waals surface area contributed by atoms with Crippen LogP contribution >= 0.6 is 23.5 Å². The van der Waals surface area contributed by atoms with E-state index < -0.39 is 24.4 Å². The maximum Gasteiger partial charge on any atom is 0.155 e. The molecule has 1 unspecified atom stereocenters. The summed E-state index contributed by atoms with van der Waals surface area (Å²) in [4.78, 5) is 0. The van der Waals surface area contributed by atoms with Gasteiger partial charge in [-0.25, -0.2) is 0 Å². The van der Waals surface area contributed by atoms with Gasteiger partial charge in [-0.3, -0.25) is 0 Å². The van der Waals surface area contributed by atoms with Crippen LogP contribution in [0.4, 0.5) is 0 Å². The maximum atomic E-state index is 10.2. The Bertz CT molecular complexity index is 250. The van der Waals surface area contributed by atoms with Crippen LogP contribution in [0, 0.1) is 0 Å². The Morgan fingerprint density at radius 2 is 1.68 bits per heavy atom. The Morgan fingerprint density at radius 3 is 2.11 bits per heavy atom. The van der Waals surface area contributed by atoms with Gasteiger partial charge in [0.2, 0.25) is 0 Å². The van der Waals surface area contributed by atoms with E-state index >= 15 is 0 Å². The minimum atomic E-state index is -1.23. The van der Waals surface area contributed by atoms with E-state index in [-0.39, 0.29) is 17.5 Å². The third-order valence-corrected chi connectivity index (χ3v) is 5.58. The summed E-state index contributed by atoms with van der Waals surface area (Å²) < 4.78 is 10.4. The second-order valence-electron chi connectivity index (χ2n) is 4.33. The third-order valence-electron chi connectivity index (χ3n) is 2.88. The highest BCUT2D eigenvalue weighted by atomic mass is 32.2.